The van der Waals surface area contributed by atoms with Crippen molar-refractivity contribution in [3.05, 3.63) is 93.8 Å². The molecule has 0 N–H and O–H groups in total. The highest BCUT2D eigenvalue weighted by Crippen LogP contribution is 2.33. The minimum atomic E-state index is -0.864. The Kier molecular flexibility index (Phi) is 9.28. The maximum atomic E-state index is 13.8. The first-order valence-corrected chi connectivity index (χ1v) is 12.5. The third-order valence-corrected chi connectivity index (χ3v) is 6.22. The summed E-state index contributed by atoms with van der Waals surface area (Å²) in [5.41, 5.74) is 2.63. The topological polar surface area (TPSA) is 72.9 Å². The molecule has 0 aliphatic rings. The number of amides is 1. The lowest BCUT2D eigenvalue weighted by Gasteiger charge is -2.24. The van der Waals surface area contributed by atoms with Crippen molar-refractivity contribution >= 4 is 40.8 Å². The van der Waals surface area contributed by atoms with E-state index in [0.717, 1.165) is 5.56 Å². The molecule has 0 aliphatic carbocycles. The van der Waals surface area contributed by atoms with Crippen molar-refractivity contribution in [1.82, 2.24) is 0 Å². The van der Waals surface area contributed by atoms with Crippen LogP contribution in [0.4, 0.5) is 20.6 Å². The Morgan fingerprint density at radius 1 is 0.895 bits per heavy atom. The van der Waals surface area contributed by atoms with E-state index in [-0.39, 0.29) is 33.9 Å². The Morgan fingerprint density at radius 2 is 1.61 bits per heavy atom. The minimum Gasteiger partial charge on any atom is -0.428 e. The fourth-order valence-electron chi connectivity index (χ4n) is 3.77. The van der Waals surface area contributed by atoms with Gasteiger partial charge in [0, 0.05) is 17.5 Å². The van der Waals surface area contributed by atoms with Gasteiger partial charge in [0.15, 0.2) is 5.78 Å². The van der Waals surface area contributed by atoms with Gasteiger partial charge in [-0.25, -0.2) is 14.1 Å². The number of rotatable bonds is 8. The molecule has 0 heterocycles. The number of benzene rings is 3. The van der Waals surface area contributed by atoms with Crippen LogP contribution in [0.25, 0.3) is 0 Å². The average Bonchev–Trinajstić information content (AvgIpc) is 2.84. The monoisotopic (exact) mass is 539 g/mol. The summed E-state index contributed by atoms with van der Waals surface area (Å²) in [6, 6.07) is 15.6. The van der Waals surface area contributed by atoms with Gasteiger partial charge in [0.05, 0.1) is 16.4 Å². The fourth-order valence-corrected chi connectivity index (χ4v) is 4.03. The number of aryl methyl sites for hydroxylation is 2. The summed E-state index contributed by atoms with van der Waals surface area (Å²) in [6.45, 7) is 8.91. The number of carbonyl (C=O) groups is 3. The number of nitrogens with zero attached hydrogens (tertiary/aromatic N) is 1. The Balaban J connectivity index is 1.86. The lowest BCUT2D eigenvalue weighted by Crippen LogP contribution is -2.29. The molecule has 3 aromatic carbocycles. The highest BCUT2D eigenvalue weighted by atomic mass is 35.5. The molecule has 0 saturated carbocycles. The molecular weight excluding hydrogens is 509 g/mol. The summed E-state index contributed by atoms with van der Waals surface area (Å²) in [5.74, 6) is -1.21. The van der Waals surface area contributed by atoms with Crippen LogP contribution in [0.15, 0.2) is 60.7 Å². The van der Waals surface area contributed by atoms with E-state index >= 15 is 0 Å². The molecule has 3 rings (SSSR count). The summed E-state index contributed by atoms with van der Waals surface area (Å²) >= 11 is 6.52. The number of hydrogen-bond acceptors (Lipinski definition) is 5. The summed E-state index contributed by atoms with van der Waals surface area (Å²) in [4.78, 5) is 39.5. The molecular formula is C30H31ClFNO5. The second-order valence-electron chi connectivity index (χ2n) is 10.2. The molecule has 3 aromatic rings. The van der Waals surface area contributed by atoms with Crippen LogP contribution >= 0.6 is 11.6 Å². The number of ether oxygens (including phenoxy) is 2. The van der Waals surface area contributed by atoms with Crippen LogP contribution in [0.3, 0.4) is 0 Å². The third kappa shape index (κ3) is 7.42. The van der Waals surface area contributed by atoms with E-state index in [1.165, 1.54) is 35.2 Å². The summed E-state index contributed by atoms with van der Waals surface area (Å²) in [6.07, 6.45) is -0.0574. The van der Waals surface area contributed by atoms with Gasteiger partial charge in [0.1, 0.15) is 5.82 Å². The quantitative estimate of drug-likeness (QED) is 0.165. The number of carbonyl (C=O) groups excluding carboxylic acids is 3. The molecule has 0 aromatic heterocycles. The molecule has 8 heteroatoms. The zero-order chi connectivity index (χ0) is 28.0. The number of hydrogen-bond donors (Lipinski definition) is 0. The third-order valence-electron chi connectivity index (χ3n) is 5.91. The molecule has 38 heavy (non-hydrogen) atoms. The van der Waals surface area contributed by atoms with Crippen molar-refractivity contribution in [3.63, 3.8) is 0 Å². The number of anilines is 2. The molecule has 0 unspecified atom stereocenters. The van der Waals surface area contributed by atoms with E-state index in [9.17, 15) is 18.8 Å². The molecule has 200 valence electrons. The van der Waals surface area contributed by atoms with E-state index in [1.54, 1.807) is 25.1 Å². The Bertz CT molecular complexity index is 1350. The lowest BCUT2D eigenvalue weighted by atomic mass is 9.91. The van der Waals surface area contributed by atoms with Gasteiger partial charge >= 0.3 is 12.1 Å². The SMILES string of the molecule is Cc1ccccc1C(=O)c1ccc(N(C(=O)OCOC(=O)CCC(C)(C)C)c2ccc(F)cc2C)cc1Cl. The number of ketones is 1. The Labute approximate surface area is 227 Å². The van der Waals surface area contributed by atoms with E-state index in [4.69, 9.17) is 21.1 Å². The van der Waals surface area contributed by atoms with Crippen LogP contribution in [-0.4, -0.2) is 24.6 Å². The van der Waals surface area contributed by atoms with Gasteiger partial charge in [-0.2, -0.15) is 0 Å². The summed E-state index contributed by atoms with van der Waals surface area (Å²) in [5, 5.41) is 0.127. The van der Waals surface area contributed by atoms with Gasteiger partial charge in [-0.1, -0.05) is 56.6 Å². The maximum absolute atomic E-state index is 13.8. The predicted molar refractivity (Wildman–Crippen MR) is 145 cm³/mol. The van der Waals surface area contributed by atoms with Crippen molar-refractivity contribution in [2.24, 2.45) is 5.41 Å². The van der Waals surface area contributed by atoms with Crippen LogP contribution < -0.4 is 4.90 Å². The highest BCUT2D eigenvalue weighted by molar-refractivity contribution is 6.35. The second-order valence-corrected chi connectivity index (χ2v) is 10.6. The number of esters is 1. The normalized spacial score (nSPS) is 11.1. The minimum absolute atomic E-state index is 0.0430. The largest absolute Gasteiger partial charge is 0.428 e. The van der Waals surface area contributed by atoms with Crippen molar-refractivity contribution in [1.29, 1.82) is 0 Å². The van der Waals surface area contributed by atoms with E-state index < -0.39 is 24.7 Å². The van der Waals surface area contributed by atoms with Gasteiger partial charge in [0.2, 0.25) is 6.79 Å². The lowest BCUT2D eigenvalue weighted by molar-refractivity contribution is -0.152. The molecule has 0 saturated heterocycles. The van der Waals surface area contributed by atoms with Crippen LogP contribution in [-0.2, 0) is 14.3 Å². The smallest absolute Gasteiger partial charge is 0.421 e. The standard InChI is InChI=1S/C30H31ClFNO5/c1-19-8-6-7-9-23(19)28(35)24-12-11-22(17-25(24)31)33(26-13-10-21(32)16-20(26)2)29(36)38-18-37-27(34)14-15-30(3,4)5/h6-13,16-17H,14-15,18H2,1-5H3. The van der Waals surface area contributed by atoms with Gasteiger partial charge < -0.3 is 9.47 Å². The molecule has 1 amide bonds. The predicted octanol–water partition coefficient (Wildman–Crippen LogP) is 7.93. The van der Waals surface area contributed by atoms with Gasteiger partial charge in [-0.15, -0.1) is 0 Å². The van der Waals surface area contributed by atoms with Crippen molar-refractivity contribution in [3.8, 4) is 0 Å². The molecule has 0 fully saturated rings. The Morgan fingerprint density at radius 3 is 2.24 bits per heavy atom. The van der Waals surface area contributed by atoms with Crippen LogP contribution in [0.2, 0.25) is 5.02 Å². The van der Waals surface area contributed by atoms with Crippen molar-refractivity contribution in [2.45, 2.75) is 47.5 Å². The maximum Gasteiger partial charge on any atom is 0.421 e. The average molecular weight is 540 g/mol. The van der Waals surface area contributed by atoms with Gasteiger partial charge in [-0.3, -0.25) is 9.59 Å². The fraction of sp³-hybridized carbons (Fsp3) is 0.300. The number of halogens is 2. The van der Waals surface area contributed by atoms with Gasteiger partial charge in [-0.05, 0) is 73.2 Å². The summed E-state index contributed by atoms with van der Waals surface area (Å²) in [7, 11) is 0. The molecule has 0 aliphatic heterocycles. The van der Waals surface area contributed by atoms with E-state index in [1.807, 2.05) is 39.8 Å². The van der Waals surface area contributed by atoms with Crippen molar-refractivity contribution < 1.29 is 28.2 Å². The molecule has 0 radical (unpaired) electrons. The van der Waals surface area contributed by atoms with Crippen molar-refractivity contribution in [2.75, 3.05) is 11.7 Å². The molecule has 0 atom stereocenters. The first-order chi connectivity index (χ1) is 17.9. The van der Waals surface area contributed by atoms with Gasteiger partial charge in [0.25, 0.3) is 0 Å². The van der Waals surface area contributed by atoms with Crippen LogP contribution in [0.1, 0.15) is 60.7 Å². The molecule has 0 bridgehead atoms. The van der Waals surface area contributed by atoms with E-state index in [0.29, 0.717) is 23.2 Å². The molecule has 6 nitrogen and oxygen atoms in total. The first kappa shape index (κ1) is 28.9. The second kappa shape index (κ2) is 12.2. The Hall–Kier alpha value is -3.71. The van der Waals surface area contributed by atoms with Crippen LogP contribution in [0, 0.1) is 25.1 Å². The summed E-state index contributed by atoms with van der Waals surface area (Å²) < 4.78 is 24.1. The van der Waals surface area contributed by atoms with Crippen LogP contribution in [0.5, 0.6) is 0 Å². The zero-order valence-electron chi connectivity index (χ0n) is 22.1. The first-order valence-electron chi connectivity index (χ1n) is 12.2. The van der Waals surface area contributed by atoms with E-state index in [2.05, 4.69) is 0 Å². The molecule has 0 spiro atoms. The highest BCUT2D eigenvalue weighted by Gasteiger charge is 2.24. The zero-order valence-corrected chi connectivity index (χ0v) is 22.9.